The predicted molar refractivity (Wildman–Crippen MR) is 114 cm³/mol. The number of ether oxygens (including phenoxy) is 2. The number of nitrogens with zero attached hydrogens (tertiary/aromatic N) is 1. The molecule has 0 spiro atoms. The Morgan fingerprint density at radius 1 is 1.17 bits per heavy atom. The predicted octanol–water partition coefficient (Wildman–Crippen LogP) is 5.00. The molecular weight excluding hydrogens is 364 g/mol. The minimum Gasteiger partial charge on any atom is -0.494 e. The molecule has 0 bridgehead atoms. The maximum atomic E-state index is 13.3. The summed E-state index contributed by atoms with van der Waals surface area (Å²) < 4.78 is 11.8. The van der Waals surface area contributed by atoms with E-state index in [0.717, 1.165) is 49.5 Å². The van der Waals surface area contributed by atoms with Crippen LogP contribution in [0.1, 0.15) is 61.1 Å². The average molecular weight is 395 g/mol. The minimum absolute atomic E-state index is 0.0501. The van der Waals surface area contributed by atoms with Gasteiger partial charge in [-0.05, 0) is 49.1 Å². The van der Waals surface area contributed by atoms with Crippen LogP contribution in [0.4, 0.5) is 5.69 Å². The zero-order chi connectivity index (χ0) is 20.1. The summed E-state index contributed by atoms with van der Waals surface area (Å²) in [6.45, 7) is 4.28. The van der Waals surface area contributed by atoms with E-state index in [9.17, 15) is 4.79 Å². The number of carbonyl (C=O) groups is 1. The first-order valence-corrected chi connectivity index (χ1v) is 10.8. The van der Waals surface area contributed by atoms with Crippen molar-refractivity contribution >= 4 is 11.6 Å². The van der Waals surface area contributed by atoms with E-state index in [-0.39, 0.29) is 18.2 Å². The minimum atomic E-state index is -0.235. The van der Waals surface area contributed by atoms with Crippen molar-refractivity contribution in [3.63, 3.8) is 0 Å². The van der Waals surface area contributed by atoms with Gasteiger partial charge in [-0.2, -0.15) is 0 Å². The quantitative estimate of drug-likeness (QED) is 0.640. The number of rotatable bonds is 8. The molecule has 0 radical (unpaired) electrons. The van der Waals surface area contributed by atoms with Crippen LogP contribution < -0.4 is 10.1 Å². The van der Waals surface area contributed by atoms with Crippen LogP contribution in [0.25, 0.3) is 0 Å². The van der Waals surface area contributed by atoms with Crippen molar-refractivity contribution in [1.29, 1.82) is 0 Å². The molecule has 0 aliphatic carbocycles. The number of unbranched alkanes of at least 4 members (excludes halogenated alkanes) is 2. The normalized spacial score (nSPS) is 21.0. The highest BCUT2D eigenvalue weighted by molar-refractivity contribution is 6.01. The summed E-state index contributed by atoms with van der Waals surface area (Å²) in [6.07, 6.45) is 5.32. The standard InChI is InChI=1S/C24H30N2O3/c1-2-3-6-14-28-19-10-7-9-18(16-19)23-25-22-13-5-4-12-21(22)24(27)26(23)17-20-11-8-15-29-20/h4-5,7,9-10,12-13,16,20,23,25H,2-3,6,8,11,14-15,17H2,1H3. The summed E-state index contributed by atoms with van der Waals surface area (Å²) in [5, 5.41) is 3.57. The van der Waals surface area contributed by atoms with Gasteiger partial charge in [0.2, 0.25) is 0 Å². The zero-order valence-corrected chi connectivity index (χ0v) is 17.1. The second kappa shape index (κ2) is 9.31. The van der Waals surface area contributed by atoms with Crippen molar-refractivity contribution in [3.05, 3.63) is 59.7 Å². The SMILES string of the molecule is CCCCCOc1cccc(C2Nc3ccccc3C(=O)N2CC2CCCO2)c1. The molecule has 1 fully saturated rings. The molecule has 0 aromatic heterocycles. The van der Waals surface area contributed by atoms with Crippen molar-refractivity contribution in [2.45, 2.75) is 51.3 Å². The average Bonchev–Trinajstić information content (AvgIpc) is 3.27. The molecule has 4 rings (SSSR count). The van der Waals surface area contributed by atoms with Crippen molar-refractivity contribution in [3.8, 4) is 5.75 Å². The molecule has 2 heterocycles. The lowest BCUT2D eigenvalue weighted by Gasteiger charge is -2.39. The van der Waals surface area contributed by atoms with Crippen LogP contribution >= 0.6 is 0 Å². The first-order chi connectivity index (χ1) is 14.3. The van der Waals surface area contributed by atoms with E-state index < -0.39 is 0 Å². The van der Waals surface area contributed by atoms with E-state index in [4.69, 9.17) is 9.47 Å². The molecule has 2 unspecified atom stereocenters. The van der Waals surface area contributed by atoms with E-state index in [1.54, 1.807) is 0 Å². The molecule has 5 heteroatoms. The van der Waals surface area contributed by atoms with Gasteiger partial charge in [0.25, 0.3) is 5.91 Å². The fraction of sp³-hybridized carbons (Fsp3) is 0.458. The molecule has 29 heavy (non-hydrogen) atoms. The molecule has 0 saturated carbocycles. The Bertz CT molecular complexity index is 832. The monoisotopic (exact) mass is 394 g/mol. The Morgan fingerprint density at radius 2 is 2.07 bits per heavy atom. The number of anilines is 1. The van der Waals surface area contributed by atoms with Gasteiger partial charge in [-0.1, -0.05) is 44.0 Å². The number of hydrogen-bond donors (Lipinski definition) is 1. The number of hydrogen-bond acceptors (Lipinski definition) is 4. The molecule has 154 valence electrons. The molecule has 1 saturated heterocycles. The molecular formula is C24H30N2O3. The molecule has 1 amide bonds. The first kappa shape index (κ1) is 19.8. The molecule has 2 aromatic rings. The summed E-state index contributed by atoms with van der Waals surface area (Å²) in [4.78, 5) is 15.2. The van der Waals surface area contributed by atoms with Crippen LogP contribution in [0.15, 0.2) is 48.5 Å². The molecule has 2 aliphatic heterocycles. The molecule has 2 aromatic carbocycles. The summed E-state index contributed by atoms with van der Waals surface area (Å²) in [6, 6.07) is 15.8. The Kier molecular flexibility index (Phi) is 6.35. The number of amides is 1. The number of benzene rings is 2. The number of para-hydroxylation sites is 1. The highest BCUT2D eigenvalue weighted by Gasteiger charge is 2.35. The van der Waals surface area contributed by atoms with Crippen LogP contribution in [-0.2, 0) is 4.74 Å². The van der Waals surface area contributed by atoms with Crippen LogP contribution in [0.5, 0.6) is 5.75 Å². The van der Waals surface area contributed by atoms with Crippen molar-refractivity contribution < 1.29 is 14.3 Å². The topological polar surface area (TPSA) is 50.8 Å². The van der Waals surface area contributed by atoms with Crippen LogP contribution in [0, 0.1) is 0 Å². The maximum absolute atomic E-state index is 13.3. The van der Waals surface area contributed by atoms with E-state index in [1.165, 1.54) is 12.8 Å². The lowest BCUT2D eigenvalue weighted by molar-refractivity contribution is 0.0426. The third kappa shape index (κ3) is 4.56. The Balaban J connectivity index is 1.58. The van der Waals surface area contributed by atoms with Gasteiger partial charge in [0.05, 0.1) is 18.3 Å². The summed E-state index contributed by atoms with van der Waals surface area (Å²) in [5.74, 6) is 0.901. The highest BCUT2D eigenvalue weighted by atomic mass is 16.5. The Morgan fingerprint density at radius 3 is 2.90 bits per heavy atom. The van der Waals surface area contributed by atoms with E-state index >= 15 is 0 Å². The van der Waals surface area contributed by atoms with Gasteiger partial charge in [0.1, 0.15) is 11.9 Å². The third-order valence-corrected chi connectivity index (χ3v) is 5.64. The number of nitrogens with one attached hydrogen (secondary N) is 1. The second-order valence-electron chi connectivity index (χ2n) is 7.81. The maximum Gasteiger partial charge on any atom is 0.257 e. The third-order valence-electron chi connectivity index (χ3n) is 5.64. The van der Waals surface area contributed by atoms with Gasteiger partial charge in [-0.25, -0.2) is 0 Å². The lowest BCUT2D eigenvalue weighted by atomic mass is 10.0. The second-order valence-corrected chi connectivity index (χ2v) is 7.81. The Labute approximate surface area is 173 Å². The summed E-state index contributed by atoms with van der Waals surface area (Å²) in [5.41, 5.74) is 2.62. The van der Waals surface area contributed by atoms with Gasteiger partial charge >= 0.3 is 0 Å². The van der Waals surface area contributed by atoms with Crippen LogP contribution in [-0.4, -0.2) is 36.7 Å². The lowest BCUT2D eigenvalue weighted by Crippen LogP contribution is -2.46. The molecule has 1 N–H and O–H groups in total. The largest absolute Gasteiger partial charge is 0.494 e. The van der Waals surface area contributed by atoms with Gasteiger partial charge in [-0.15, -0.1) is 0 Å². The van der Waals surface area contributed by atoms with Gasteiger partial charge in [-0.3, -0.25) is 4.79 Å². The fourth-order valence-electron chi connectivity index (χ4n) is 4.07. The van der Waals surface area contributed by atoms with Gasteiger partial charge in [0, 0.05) is 18.8 Å². The molecule has 5 nitrogen and oxygen atoms in total. The van der Waals surface area contributed by atoms with E-state index in [2.05, 4.69) is 18.3 Å². The van der Waals surface area contributed by atoms with Crippen molar-refractivity contribution in [2.75, 3.05) is 25.1 Å². The van der Waals surface area contributed by atoms with Crippen LogP contribution in [0.3, 0.4) is 0 Å². The number of fused-ring (bicyclic) bond motifs is 1. The zero-order valence-electron chi connectivity index (χ0n) is 17.1. The van der Waals surface area contributed by atoms with Crippen molar-refractivity contribution in [2.24, 2.45) is 0 Å². The van der Waals surface area contributed by atoms with E-state index in [0.29, 0.717) is 12.1 Å². The summed E-state index contributed by atoms with van der Waals surface area (Å²) >= 11 is 0. The highest BCUT2D eigenvalue weighted by Crippen LogP contribution is 2.35. The first-order valence-electron chi connectivity index (χ1n) is 10.8. The van der Waals surface area contributed by atoms with Gasteiger partial charge < -0.3 is 19.7 Å². The molecule has 2 atom stereocenters. The molecule has 2 aliphatic rings. The van der Waals surface area contributed by atoms with Crippen molar-refractivity contribution in [1.82, 2.24) is 4.90 Å². The number of carbonyl (C=O) groups excluding carboxylic acids is 1. The fourth-order valence-corrected chi connectivity index (χ4v) is 4.07. The summed E-state index contributed by atoms with van der Waals surface area (Å²) in [7, 11) is 0. The smallest absolute Gasteiger partial charge is 0.257 e. The van der Waals surface area contributed by atoms with Gasteiger partial charge in [0.15, 0.2) is 0 Å². The van der Waals surface area contributed by atoms with Crippen LogP contribution in [0.2, 0.25) is 0 Å². The Hall–Kier alpha value is -2.53. The van der Waals surface area contributed by atoms with E-state index in [1.807, 2.05) is 47.4 Å².